The van der Waals surface area contributed by atoms with E-state index in [1.807, 2.05) is 0 Å². The molecule has 11 heteroatoms. The van der Waals surface area contributed by atoms with E-state index in [0.29, 0.717) is 35.7 Å². The van der Waals surface area contributed by atoms with Gasteiger partial charge in [-0.3, -0.25) is 4.79 Å². The van der Waals surface area contributed by atoms with Crippen LogP contribution in [0.4, 0.5) is 10.1 Å². The van der Waals surface area contributed by atoms with Crippen LogP contribution in [0.3, 0.4) is 0 Å². The first-order valence-electron chi connectivity index (χ1n) is 11.2. The quantitative estimate of drug-likeness (QED) is 0.550. The summed E-state index contributed by atoms with van der Waals surface area (Å²) in [6.45, 7) is 4.44. The molecule has 0 bridgehead atoms. The lowest BCUT2D eigenvalue weighted by Gasteiger charge is -2.26. The number of carbonyl (C=O) groups is 1. The number of halogens is 1. The van der Waals surface area contributed by atoms with Crippen molar-refractivity contribution in [3.05, 3.63) is 65.2 Å². The number of hydrogen-bond donors (Lipinski definition) is 1. The highest BCUT2D eigenvalue weighted by atomic mass is 32.2. The Morgan fingerprint density at radius 1 is 1.12 bits per heavy atom. The number of tetrazole rings is 1. The molecule has 1 amide bonds. The molecule has 1 aromatic heterocycles. The van der Waals surface area contributed by atoms with Crippen molar-refractivity contribution >= 4 is 21.6 Å². The summed E-state index contributed by atoms with van der Waals surface area (Å²) in [5.41, 5.74) is 1.70. The molecule has 0 spiro atoms. The zero-order valence-corrected chi connectivity index (χ0v) is 19.9. The highest BCUT2D eigenvalue weighted by molar-refractivity contribution is 7.89. The van der Waals surface area contributed by atoms with E-state index in [1.165, 1.54) is 27.2 Å². The topological polar surface area (TPSA) is 110 Å². The Kier molecular flexibility index (Phi) is 7.03. The van der Waals surface area contributed by atoms with Crippen molar-refractivity contribution < 1.29 is 17.6 Å². The summed E-state index contributed by atoms with van der Waals surface area (Å²) in [6.07, 6.45) is 2.84. The zero-order chi connectivity index (χ0) is 24.3. The first-order valence-corrected chi connectivity index (χ1v) is 12.6. The van der Waals surface area contributed by atoms with E-state index in [9.17, 15) is 17.6 Å². The molecule has 1 atom stereocenters. The van der Waals surface area contributed by atoms with E-state index in [2.05, 4.69) is 20.8 Å². The Morgan fingerprint density at radius 3 is 2.56 bits per heavy atom. The van der Waals surface area contributed by atoms with Crippen molar-refractivity contribution in [1.29, 1.82) is 0 Å². The minimum atomic E-state index is -3.66. The molecular formula is C23H27FN6O3S. The standard InChI is InChI=1S/C23H27FN6O3S/c1-16-9-10-20(34(32,33)29-11-4-3-5-12-29)15-21(16)25-23(31)22(30-17(2)26-27-28-30)14-18-7-6-8-19(24)13-18/h6-10,13,15,22H,3-5,11-12,14H2,1-2H3,(H,25,31)/t22-/m0/s1. The van der Waals surface area contributed by atoms with Crippen LogP contribution in [-0.4, -0.2) is 51.9 Å². The third kappa shape index (κ3) is 5.15. The van der Waals surface area contributed by atoms with E-state index in [4.69, 9.17) is 0 Å². The van der Waals surface area contributed by atoms with Gasteiger partial charge in [-0.05, 0) is 72.5 Å². The summed E-state index contributed by atoms with van der Waals surface area (Å²) in [5, 5.41) is 14.3. The van der Waals surface area contributed by atoms with Crippen LogP contribution < -0.4 is 5.32 Å². The number of aryl methyl sites for hydroxylation is 2. The summed E-state index contributed by atoms with van der Waals surface area (Å²) in [6, 6.07) is 9.85. The second-order valence-corrected chi connectivity index (χ2v) is 10.4. The van der Waals surface area contributed by atoms with Gasteiger partial charge in [-0.2, -0.15) is 4.31 Å². The number of nitrogens with one attached hydrogen (secondary N) is 1. The Labute approximate surface area is 198 Å². The maximum atomic E-state index is 13.7. The molecule has 0 unspecified atom stereocenters. The fourth-order valence-corrected chi connectivity index (χ4v) is 5.61. The van der Waals surface area contributed by atoms with Crippen molar-refractivity contribution in [2.45, 2.75) is 50.5 Å². The number of sulfonamides is 1. The third-order valence-corrected chi connectivity index (χ3v) is 7.89. The number of piperidine rings is 1. The van der Waals surface area contributed by atoms with Gasteiger partial charge in [-0.15, -0.1) is 5.10 Å². The van der Waals surface area contributed by atoms with Gasteiger partial charge in [0.1, 0.15) is 17.7 Å². The van der Waals surface area contributed by atoms with E-state index in [0.717, 1.165) is 19.3 Å². The molecule has 2 heterocycles. The number of hydrogen-bond acceptors (Lipinski definition) is 6. The molecule has 4 rings (SSSR count). The number of benzene rings is 2. The van der Waals surface area contributed by atoms with Crippen LogP contribution >= 0.6 is 0 Å². The number of amides is 1. The van der Waals surface area contributed by atoms with Crippen LogP contribution in [0.15, 0.2) is 47.4 Å². The first kappa shape index (κ1) is 24.0. The highest BCUT2D eigenvalue weighted by Gasteiger charge is 2.28. The van der Waals surface area contributed by atoms with Crippen LogP contribution in [0.1, 0.15) is 42.3 Å². The minimum absolute atomic E-state index is 0.135. The molecule has 0 saturated carbocycles. The van der Waals surface area contributed by atoms with E-state index >= 15 is 0 Å². The van der Waals surface area contributed by atoms with Crippen molar-refractivity contribution in [1.82, 2.24) is 24.5 Å². The van der Waals surface area contributed by atoms with Gasteiger partial charge in [0.15, 0.2) is 0 Å². The predicted molar refractivity (Wildman–Crippen MR) is 124 cm³/mol. The molecule has 9 nitrogen and oxygen atoms in total. The average molecular weight is 487 g/mol. The zero-order valence-electron chi connectivity index (χ0n) is 19.1. The molecule has 1 N–H and O–H groups in total. The fourth-order valence-electron chi connectivity index (χ4n) is 4.07. The minimum Gasteiger partial charge on any atom is -0.324 e. The number of anilines is 1. The van der Waals surface area contributed by atoms with Crippen LogP contribution in [0.2, 0.25) is 0 Å². The predicted octanol–water partition coefficient (Wildman–Crippen LogP) is 3.03. The summed E-state index contributed by atoms with van der Waals surface area (Å²) < 4.78 is 42.9. The van der Waals surface area contributed by atoms with Gasteiger partial charge in [0.2, 0.25) is 15.9 Å². The molecule has 34 heavy (non-hydrogen) atoms. The molecule has 3 aromatic rings. The van der Waals surface area contributed by atoms with E-state index < -0.39 is 27.8 Å². The van der Waals surface area contributed by atoms with Crippen molar-refractivity contribution in [2.24, 2.45) is 0 Å². The largest absolute Gasteiger partial charge is 0.324 e. The van der Waals surface area contributed by atoms with Gasteiger partial charge < -0.3 is 5.32 Å². The molecule has 1 saturated heterocycles. The van der Waals surface area contributed by atoms with E-state index in [-0.39, 0.29) is 11.3 Å². The number of carbonyl (C=O) groups excluding carboxylic acids is 1. The lowest BCUT2D eigenvalue weighted by molar-refractivity contribution is -0.119. The molecule has 1 fully saturated rings. The van der Waals surface area contributed by atoms with Crippen LogP contribution in [0, 0.1) is 19.7 Å². The number of nitrogens with zero attached hydrogens (tertiary/aromatic N) is 5. The fraction of sp³-hybridized carbons (Fsp3) is 0.391. The lowest BCUT2D eigenvalue weighted by Crippen LogP contribution is -2.35. The van der Waals surface area contributed by atoms with Gasteiger partial charge in [-0.25, -0.2) is 17.5 Å². The Bertz CT molecular complexity index is 1290. The van der Waals surface area contributed by atoms with Gasteiger partial charge in [0, 0.05) is 25.2 Å². The lowest BCUT2D eigenvalue weighted by atomic mass is 10.0. The van der Waals surface area contributed by atoms with Gasteiger partial charge >= 0.3 is 0 Å². The van der Waals surface area contributed by atoms with Crippen LogP contribution in [0.25, 0.3) is 0 Å². The highest BCUT2D eigenvalue weighted by Crippen LogP contribution is 2.26. The third-order valence-electron chi connectivity index (χ3n) is 5.99. The maximum absolute atomic E-state index is 13.7. The Balaban J connectivity index is 1.62. The first-order chi connectivity index (χ1) is 16.3. The second-order valence-electron chi connectivity index (χ2n) is 8.45. The monoisotopic (exact) mass is 486 g/mol. The van der Waals surface area contributed by atoms with Crippen LogP contribution in [-0.2, 0) is 21.2 Å². The molecule has 2 aromatic carbocycles. The van der Waals surface area contributed by atoms with Crippen molar-refractivity contribution in [2.75, 3.05) is 18.4 Å². The molecule has 0 aliphatic carbocycles. The van der Waals surface area contributed by atoms with Crippen LogP contribution in [0.5, 0.6) is 0 Å². The Hall–Kier alpha value is -3.18. The number of aromatic nitrogens is 4. The SMILES string of the molecule is Cc1ccc(S(=O)(=O)N2CCCCC2)cc1NC(=O)[C@H](Cc1cccc(F)c1)n1nnnc1C. The normalized spacial score (nSPS) is 15.7. The average Bonchev–Trinajstić information content (AvgIpc) is 3.24. The molecule has 1 aliphatic rings. The second kappa shape index (κ2) is 9.98. The number of rotatable bonds is 7. The summed E-state index contributed by atoms with van der Waals surface area (Å²) in [4.78, 5) is 13.5. The molecular weight excluding hydrogens is 459 g/mol. The summed E-state index contributed by atoms with van der Waals surface area (Å²) in [7, 11) is -3.66. The van der Waals surface area contributed by atoms with Crippen molar-refractivity contribution in [3.8, 4) is 0 Å². The van der Waals surface area contributed by atoms with Gasteiger partial charge in [0.05, 0.1) is 4.90 Å². The summed E-state index contributed by atoms with van der Waals surface area (Å²) in [5.74, 6) is -0.415. The van der Waals surface area contributed by atoms with Gasteiger partial charge in [0.25, 0.3) is 0 Å². The smallest absolute Gasteiger partial charge is 0.249 e. The van der Waals surface area contributed by atoms with Crippen molar-refractivity contribution in [3.63, 3.8) is 0 Å². The Morgan fingerprint density at radius 2 is 1.88 bits per heavy atom. The maximum Gasteiger partial charge on any atom is 0.249 e. The molecule has 180 valence electrons. The van der Waals surface area contributed by atoms with Gasteiger partial charge in [-0.1, -0.05) is 24.6 Å². The summed E-state index contributed by atoms with van der Waals surface area (Å²) >= 11 is 0. The molecule has 0 radical (unpaired) electrons. The molecule has 1 aliphatic heterocycles. The van der Waals surface area contributed by atoms with E-state index in [1.54, 1.807) is 38.1 Å².